The monoisotopic (exact) mass is 488 g/mol. The Hall–Kier alpha value is -2.12. The highest BCUT2D eigenvalue weighted by atomic mass is 35.5. The molecule has 3 aromatic rings. The third kappa shape index (κ3) is 5.69. The Labute approximate surface area is 204 Å². The molecule has 0 spiro atoms. The number of carbonyl (C=O) groups excluding carboxylic acids is 1. The molecule has 1 saturated heterocycles. The first-order valence-corrected chi connectivity index (χ1v) is 12.3. The molecule has 4 rings (SSSR count). The van der Waals surface area contributed by atoms with E-state index in [1.807, 2.05) is 42.5 Å². The summed E-state index contributed by atoms with van der Waals surface area (Å²) in [5.41, 5.74) is 2.62. The number of para-hydroxylation sites is 2. The SMILES string of the molecule is CCC[C@@H](C(=O)NCCN1CCOCC1)n1c(Cc2c(Cl)cccc2Cl)nc2ccccc21. The molecule has 1 atom stereocenters. The number of rotatable bonds is 9. The number of nitrogens with one attached hydrogen (secondary N) is 1. The van der Waals surface area contributed by atoms with Gasteiger partial charge in [-0.05, 0) is 36.2 Å². The molecule has 0 saturated carbocycles. The van der Waals surface area contributed by atoms with Crippen LogP contribution < -0.4 is 5.32 Å². The van der Waals surface area contributed by atoms with Gasteiger partial charge in [0.1, 0.15) is 11.9 Å². The van der Waals surface area contributed by atoms with E-state index in [2.05, 4.69) is 21.7 Å². The standard InChI is InChI=1S/C25H30Cl2N4O2/c1-2-6-23(25(32)28-11-12-30-13-15-33-16-14-30)31-22-10-4-3-9-21(22)29-24(31)17-18-19(26)7-5-8-20(18)27/h3-5,7-10,23H,2,6,11-17H2,1H3,(H,28,32)/t23-/m0/s1. The highest BCUT2D eigenvalue weighted by molar-refractivity contribution is 6.36. The second-order valence-electron chi connectivity index (χ2n) is 8.31. The van der Waals surface area contributed by atoms with E-state index in [9.17, 15) is 4.79 Å². The molecule has 6 nitrogen and oxygen atoms in total. The molecule has 0 radical (unpaired) electrons. The molecule has 33 heavy (non-hydrogen) atoms. The second kappa shape index (κ2) is 11.3. The van der Waals surface area contributed by atoms with Gasteiger partial charge in [0.25, 0.3) is 0 Å². The lowest BCUT2D eigenvalue weighted by atomic mass is 10.1. The summed E-state index contributed by atoms with van der Waals surface area (Å²) in [7, 11) is 0. The van der Waals surface area contributed by atoms with Gasteiger partial charge in [-0.1, -0.05) is 54.7 Å². The molecule has 1 amide bonds. The van der Waals surface area contributed by atoms with Gasteiger partial charge in [-0.3, -0.25) is 9.69 Å². The maximum atomic E-state index is 13.4. The Morgan fingerprint density at radius 3 is 2.58 bits per heavy atom. The zero-order valence-corrected chi connectivity index (χ0v) is 20.4. The third-order valence-corrected chi connectivity index (χ3v) is 6.78. The molecule has 2 heterocycles. The number of ether oxygens (including phenoxy) is 1. The van der Waals surface area contributed by atoms with E-state index in [0.717, 1.165) is 61.7 Å². The predicted molar refractivity (Wildman–Crippen MR) is 133 cm³/mol. The highest BCUT2D eigenvalue weighted by Gasteiger charge is 2.26. The average molecular weight is 489 g/mol. The average Bonchev–Trinajstić information content (AvgIpc) is 3.18. The van der Waals surface area contributed by atoms with E-state index in [0.29, 0.717) is 29.4 Å². The zero-order chi connectivity index (χ0) is 23.2. The van der Waals surface area contributed by atoms with E-state index in [-0.39, 0.29) is 11.9 Å². The molecule has 0 unspecified atom stereocenters. The lowest BCUT2D eigenvalue weighted by Gasteiger charge is -2.27. The summed E-state index contributed by atoms with van der Waals surface area (Å²) in [5.74, 6) is 0.799. The van der Waals surface area contributed by atoms with Crippen LogP contribution in [0.3, 0.4) is 0 Å². The van der Waals surface area contributed by atoms with Crippen LogP contribution >= 0.6 is 23.2 Å². The number of fused-ring (bicyclic) bond motifs is 1. The molecule has 176 valence electrons. The number of morpholine rings is 1. The Morgan fingerprint density at radius 2 is 1.85 bits per heavy atom. The van der Waals surface area contributed by atoms with Crippen LogP contribution in [0.1, 0.15) is 37.2 Å². The minimum absolute atomic E-state index is 0.0137. The number of imidazole rings is 1. The second-order valence-corrected chi connectivity index (χ2v) is 9.13. The molecule has 1 N–H and O–H groups in total. The third-order valence-electron chi connectivity index (χ3n) is 6.07. The van der Waals surface area contributed by atoms with Crippen LogP contribution in [0.15, 0.2) is 42.5 Å². The van der Waals surface area contributed by atoms with Crippen molar-refractivity contribution in [2.24, 2.45) is 0 Å². The van der Waals surface area contributed by atoms with Gasteiger partial charge in [0.05, 0.1) is 24.2 Å². The maximum absolute atomic E-state index is 13.4. The summed E-state index contributed by atoms with van der Waals surface area (Å²) in [5, 5.41) is 4.36. The molecular weight excluding hydrogens is 459 g/mol. The predicted octanol–water partition coefficient (Wildman–Crippen LogP) is 4.72. The van der Waals surface area contributed by atoms with Crippen LogP contribution in [0.2, 0.25) is 10.0 Å². The molecule has 8 heteroatoms. The minimum atomic E-state index is -0.358. The first-order valence-electron chi connectivity index (χ1n) is 11.5. The number of carbonyl (C=O) groups is 1. The largest absolute Gasteiger partial charge is 0.379 e. The number of hydrogen-bond acceptors (Lipinski definition) is 4. The topological polar surface area (TPSA) is 59.4 Å². The molecule has 1 aromatic heterocycles. The van der Waals surface area contributed by atoms with Crippen LogP contribution in [0, 0.1) is 0 Å². The lowest BCUT2D eigenvalue weighted by molar-refractivity contribution is -0.124. The van der Waals surface area contributed by atoms with Gasteiger partial charge >= 0.3 is 0 Å². The maximum Gasteiger partial charge on any atom is 0.243 e. The number of halogens is 2. The van der Waals surface area contributed by atoms with Crippen LogP contribution in [0.25, 0.3) is 11.0 Å². The van der Waals surface area contributed by atoms with Gasteiger partial charge in [0.2, 0.25) is 5.91 Å². The van der Waals surface area contributed by atoms with Crippen molar-refractivity contribution < 1.29 is 9.53 Å². The van der Waals surface area contributed by atoms with Crippen molar-refractivity contribution >= 4 is 40.1 Å². The Kier molecular flexibility index (Phi) is 8.25. The molecule has 1 aliphatic rings. The number of aromatic nitrogens is 2. The van der Waals surface area contributed by atoms with Crippen LogP contribution in [0.4, 0.5) is 0 Å². The van der Waals surface area contributed by atoms with Crippen molar-refractivity contribution in [2.45, 2.75) is 32.2 Å². The zero-order valence-electron chi connectivity index (χ0n) is 18.9. The highest BCUT2D eigenvalue weighted by Crippen LogP contribution is 2.30. The van der Waals surface area contributed by atoms with E-state index in [4.69, 9.17) is 32.9 Å². The molecule has 1 fully saturated rings. The van der Waals surface area contributed by atoms with Crippen molar-refractivity contribution in [2.75, 3.05) is 39.4 Å². The summed E-state index contributed by atoms with van der Waals surface area (Å²) >= 11 is 12.9. The Bertz CT molecular complexity index is 1070. The molecule has 1 aliphatic heterocycles. The van der Waals surface area contributed by atoms with Gasteiger partial charge in [0, 0.05) is 42.6 Å². The molecule has 2 aromatic carbocycles. The van der Waals surface area contributed by atoms with Gasteiger partial charge in [-0.25, -0.2) is 4.98 Å². The van der Waals surface area contributed by atoms with Crippen molar-refractivity contribution in [3.05, 3.63) is 63.9 Å². The van der Waals surface area contributed by atoms with E-state index >= 15 is 0 Å². The first-order chi connectivity index (χ1) is 16.1. The summed E-state index contributed by atoms with van der Waals surface area (Å²) in [6.07, 6.45) is 2.04. The number of hydrogen-bond donors (Lipinski definition) is 1. The van der Waals surface area contributed by atoms with Crippen molar-refractivity contribution in [3.63, 3.8) is 0 Å². The summed E-state index contributed by atoms with van der Waals surface area (Å²) in [4.78, 5) is 20.6. The smallest absolute Gasteiger partial charge is 0.243 e. The number of nitrogens with zero attached hydrogens (tertiary/aromatic N) is 3. The van der Waals surface area contributed by atoms with Crippen molar-refractivity contribution in [3.8, 4) is 0 Å². The van der Waals surface area contributed by atoms with Crippen molar-refractivity contribution in [1.29, 1.82) is 0 Å². The van der Waals surface area contributed by atoms with E-state index in [1.54, 1.807) is 0 Å². The fourth-order valence-corrected chi connectivity index (χ4v) is 4.89. The van der Waals surface area contributed by atoms with Gasteiger partial charge in [-0.15, -0.1) is 0 Å². The van der Waals surface area contributed by atoms with Crippen molar-refractivity contribution in [1.82, 2.24) is 19.8 Å². The lowest BCUT2D eigenvalue weighted by Crippen LogP contribution is -2.42. The first kappa shape index (κ1) is 24.0. The van der Waals surface area contributed by atoms with Crippen LogP contribution in [0.5, 0.6) is 0 Å². The summed E-state index contributed by atoms with van der Waals surface area (Å²) in [6, 6.07) is 13.1. The normalized spacial score (nSPS) is 15.6. The summed E-state index contributed by atoms with van der Waals surface area (Å²) < 4.78 is 7.48. The number of amides is 1. The Morgan fingerprint density at radius 1 is 1.12 bits per heavy atom. The molecule has 0 aliphatic carbocycles. The minimum Gasteiger partial charge on any atom is -0.379 e. The quantitative estimate of drug-likeness (QED) is 0.473. The Balaban J connectivity index is 1.61. The van der Waals surface area contributed by atoms with E-state index < -0.39 is 0 Å². The fourth-order valence-electron chi connectivity index (χ4n) is 4.36. The van der Waals surface area contributed by atoms with Crippen LogP contribution in [-0.4, -0.2) is 59.8 Å². The molecular formula is C25H30Cl2N4O2. The van der Waals surface area contributed by atoms with E-state index in [1.165, 1.54) is 0 Å². The molecule has 0 bridgehead atoms. The fraction of sp³-hybridized carbons (Fsp3) is 0.440. The number of benzene rings is 2. The van der Waals surface area contributed by atoms with Gasteiger partial charge in [-0.2, -0.15) is 0 Å². The summed E-state index contributed by atoms with van der Waals surface area (Å²) in [6.45, 7) is 6.84. The van der Waals surface area contributed by atoms with Crippen LogP contribution in [-0.2, 0) is 16.0 Å². The van der Waals surface area contributed by atoms with Gasteiger partial charge in [0.15, 0.2) is 0 Å². The van der Waals surface area contributed by atoms with Gasteiger partial charge < -0.3 is 14.6 Å².